The molecule has 3 rings (SSSR count). The highest BCUT2D eigenvalue weighted by molar-refractivity contribution is 5.96. The number of hydrogen-bond acceptors (Lipinski definition) is 5. The van der Waals surface area contributed by atoms with Crippen molar-refractivity contribution in [2.75, 3.05) is 26.2 Å². The van der Waals surface area contributed by atoms with Gasteiger partial charge in [0.05, 0.1) is 5.56 Å². The molecule has 7 nitrogen and oxygen atoms in total. The predicted molar refractivity (Wildman–Crippen MR) is 70.9 cm³/mol. The summed E-state index contributed by atoms with van der Waals surface area (Å²) in [6.07, 6.45) is 5.47. The summed E-state index contributed by atoms with van der Waals surface area (Å²) in [6, 6.07) is 1.70. The second kappa shape index (κ2) is 5.20. The molecule has 102 valence electrons. The average molecular weight is 271 g/mol. The van der Waals surface area contributed by atoms with Gasteiger partial charge in [-0.15, -0.1) is 0 Å². The largest absolute Gasteiger partial charge is 0.342 e. The van der Waals surface area contributed by atoms with Crippen molar-refractivity contribution in [2.45, 2.75) is 0 Å². The fraction of sp³-hybridized carbons (Fsp3) is 0.308. The molecule has 1 fully saturated rings. The van der Waals surface area contributed by atoms with Crippen LogP contribution in [-0.2, 0) is 4.79 Å². The van der Waals surface area contributed by atoms with Crippen LogP contribution in [0.15, 0.2) is 24.7 Å². The van der Waals surface area contributed by atoms with Gasteiger partial charge >= 0.3 is 0 Å². The van der Waals surface area contributed by atoms with E-state index in [1.165, 1.54) is 6.20 Å². The molecule has 0 aliphatic carbocycles. The molecule has 0 saturated carbocycles. The number of aromatic nitrogens is 3. The Morgan fingerprint density at radius 3 is 2.60 bits per heavy atom. The SMILES string of the molecule is O=CN1CCN(C(=O)c2cnc3nccnc3c2)CC1. The zero-order valence-corrected chi connectivity index (χ0v) is 10.8. The van der Waals surface area contributed by atoms with E-state index in [1.807, 2.05) is 0 Å². The van der Waals surface area contributed by atoms with Crippen LogP contribution in [0.1, 0.15) is 10.4 Å². The van der Waals surface area contributed by atoms with E-state index in [0.29, 0.717) is 42.9 Å². The molecule has 2 amide bonds. The Morgan fingerprint density at radius 2 is 1.85 bits per heavy atom. The van der Waals surface area contributed by atoms with Crippen molar-refractivity contribution >= 4 is 23.5 Å². The average Bonchev–Trinajstić information content (AvgIpc) is 2.54. The molecule has 0 radical (unpaired) electrons. The summed E-state index contributed by atoms with van der Waals surface area (Å²) in [5.41, 5.74) is 1.62. The van der Waals surface area contributed by atoms with Crippen LogP contribution >= 0.6 is 0 Å². The molecule has 7 heteroatoms. The normalized spacial score (nSPS) is 15.4. The third-order valence-electron chi connectivity index (χ3n) is 3.32. The maximum absolute atomic E-state index is 12.4. The lowest BCUT2D eigenvalue weighted by Crippen LogP contribution is -2.48. The summed E-state index contributed by atoms with van der Waals surface area (Å²) >= 11 is 0. The lowest BCUT2D eigenvalue weighted by molar-refractivity contribution is -0.119. The molecule has 0 bridgehead atoms. The second-order valence-electron chi connectivity index (χ2n) is 4.56. The molecule has 0 N–H and O–H groups in total. The van der Waals surface area contributed by atoms with E-state index in [0.717, 1.165) is 6.41 Å². The van der Waals surface area contributed by atoms with E-state index in [9.17, 15) is 9.59 Å². The number of nitrogens with zero attached hydrogens (tertiary/aromatic N) is 5. The summed E-state index contributed by atoms with van der Waals surface area (Å²) < 4.78 is 0. The Bertz CT molecular complexity index is 652. The quantitative estimate of drug-likeness (QED) is 0.715. The number of carbonyl (C=O) groups is 2. The van der Waals surface area contributed by atoms with E-state index in [2.05, 4.69) is 15.0 Å². The van der Waals surface area contributed by atoms with E-state index in [1.54, 1.807) is 28.3 Å². The van der Waals surface area contributed by atoms with Gasteiger partial charge in [0.1, 0.15) is 5.52 Å². The van der Waals surface area contributed by atoms with Crippen molar-refractivity contribution in [2.24, 2.45) is 0 Å². The van der Waals surface area contributed by atoms with Crippen molar-refractivity contribution in [3.8, 4) is 0 Å². The highest BCUT2D eigenvalue weighted by atomic mass is 16.2. The topological polar surface area (TPSA) is 79.3 Å². The minimum atomic E-state index is -0.0874. The van der Waals surface area contributed by atoms with Gasteiger partial charge in [-0.25, -0.2) is 9.97 Å². The third kappa shape index (κ3) is 2.29. The number of carbonyl (C=O) groups excluding carboxylic acids is 2. The summed E-state index contributed by atoms with van der Waals surface area (Å²) in [6.45, 7) is 2.21. The van der Waals surface area contributed by atoms with Gasteiger partial charge < -0.3 is 9.80 Å². The van der Waals surface area contributed by atoms with Crippen LogP contribution in [0.2, 0.25) is 0 Å². The number of rotatable bonds is 2. The molecule has 1 aliphatic rings. The highest BCUT2D eigenvalue weighted by Gasteiger charge is 2.21. The van der Waals surface area contributed by atoms with Crippen molar-refractivity contribution < 1.29 is 9.59 Å². The molecule has 0 spiro atoms. The number of hydrogen-bond donors (Lipinski definition) is 0. The van der Waals surface area contributed by atoms with Gasteiger partial charge in [-0.3, -0.25) is 14.6 Å². The van der Waals surface area contributed by atoms with Crippen molar-refractivity contribution in [1.29, 1.82) is 0 Å². The fourth-order valence-corrected chi connectivity index (χ4v) is 2.19. The van der Waals surface area contributed by atoms with Gasteiger partial charge in [-0.05, 0) is 6.07 Å². The highest BCUT2D eigenvalue weighted by Crippen LogP contribution is 2.11. The van der Waals surface area contributed by atoms with Gasteiger partial charge in [0, 0.05) is 44.8 Å². The molecule has 3 heterocycles. The van der Waals surface area contributed by atoms with Gasteiger partial charge in [-0.2, -0.15) is 0 Å². The van der Waals surface area contributed by atoms with Crippen molar-refractivity contribution in [1.82, 2.24) is 24.8 Å². The van der Waals surface area contributed by atoms with Crippen LogP contribution in [0.25, 0.3) is 11.2 Å². The Labute approximate surface area is 115 Å². The maximum Gasteiger partial charge on any atom is 0.255 e. The van der Waals surface area contributed by atoms with Crippen LogP contribution in [0.5, 0.6) is 0 Å². The smallest absolute Gasteiger partial charge is 0.255 e. The first-order valence-corrected chi connectivity index (χ1v) is 6.33. The molecule has 2 aromatic rings. The first-order valence-electron chi connectivity index (χ1n) is 6.33. The lowest BCUT2D eigenvalue weighted by Gasteiger charge is -2.32. The zero-order chi connectivity index (χ0) is 13.9. The minimum absolute atomic E-state index is 0.0874. The summed E-state index contributed by atoms with van der Waals surface area (Å²) in [4.78, 5) is 38.8. The predicted octanol–water partition coefficient (Wildman–Crippen LogP) is -0.0610. The second-order valence-corrected chi connectivity index (χ2v) is 4.56. The fourth-order valence-electron chi connectivity index (χ4n) is 2.19. The van der Waals surface area contributed by atoms with Gasteiger partial charge in [0.15, 0.2) is 5.65 Å². The number of pyridine rings is 1. The first kappa shape index (κ1) is 12.5. The van der Waals surface area contributed by atoms with Crippen molar-refractivity contribution in [3.05, 3.63) is 30.2 Å². The monoisotopic (exact) mass is 271 g/mol. The van der Waals surface area contributed by atoms with Crippen LogP contribution in [-0.4, -0.2) is 63.2 Å². The van der Waals surface area contributed by atoms with Crippen LogP contribution in [0, 0.1) is 0 Å². The summed E-state index contributed by atoms with van der Waals surface area (Å²) in [7, 11) is 0. The molecule has 0 atom stereocenters. The molecule has 1 aliphatic heterocycles. The Balaban J connectivity index is 1.80. The Hall–Kier alpha value is -2.57. The third-order valence-corrected chi connectivity index (χ3v) is 3.32. The van der Waals surface area contributed by atoms with Crippen molar-refractivity contribution in [3.63, 3.8) is 0 Å². The Kier molecular flexibility index (Phi) is 3.24. The standard InChI is InChI=1S/C13H13N5O2/c19-9-17-3-5-18(6-4-17)13(20)10-7-11-12(16-8-10)15-2-1-14-11/h1-2,7-9H,3-6H2. The van der Waals surface area contributed by atoms with E-state index >= 15 is 0 Å². The molecule has 0 unspecified atom stereocenters. The first-order chi connectivity index (χ1) is 9.78. The van der Waals surface area contributed by atoms with Crippen LogP contribution in [0.3, 0.4) is 0 Å². The number of fused-ring (bicyclic) bond motifs is 1. The van der Waals surface area contributed by atoms with Crippen LogP contribution in [0.4, 0.5) is 0 Å². The van der Waals surface area contributed by atoms with E-state index < -0.39 is 0 Å². The molecule has 20 heavy (non-hydrogen) atoms. The Morgan fingerprint density at radius 1 is 1.10 bits per heavy atom. The van der Waals surface area contributed by atoms with Gasteiger partial charge in [0.2, 0.25) is 6.41 Å². The lowest BCUT2D eigenvalue weighted by atomic mass is 10.2. The molecule has 1 saturated heterocycles. The van der Waals surface area contributed by atoms with Crippen LogP contribution < -0.4 is 0 Å². The zero-order valence-electron chi connectivity index (χ0n) is 10.8. The molecule has 0 aromatic carbocycles. The molecular formula is C13H13N5O2. The summed E-state index contributed by atoms with van der Waals surface area (Å²) in [5, 5.41) is 0. The van der Waals surface area contributed by atoms with E-state index in [-0.39, 0.29) is 5.91 Å². The number of piperazine rings is 1. The maximum atomic E-state index is 12.4. The van der Waals surface area contributed by atoms with E-state index in [4.69, 9.17) is 0 Å². The minimum Gasteiger partial charge on any atom is -0.342 e. The molecular weight excluding hydrogens is 258 g/mol. The molecule has 2 aromatic heterocycles. The number of amides is 2. The van der Waals surface area contributed by atoms with Gasteiger partial charge in [-0.1, -0.05) is 0 Å². The summed E-state index contributed by atoms with van der Waals surface area (Å²) in [5.74, 6) is -0.0874. The van der Waals surface area contributed by atoms with Gasteiger partial charge in [0.25, 0.3) is 5.91 Å².